The molecule has 4 aliphatic rings. The van der Waals surface area contributed by atoms with Gasteiger partial charge in [0.15, 0.2) is 0 Å². The molecular formula is C27H41NO5. The van der Waals surface area contributed by atoms with Crippen molar-refractivity contribution in [3.63, 3.8) is 0 Å². The van der Waals surface area contributed by atoms with Gasteiger partial charge in [0.2, 0.25) is 5.91 Å². The maximum Gasteiger partial charge on any atom is 0.302 e. The van der Waals surface area contributed by atoms with E-state index in [4.69, 9.17) is 4.74 Å². The number of hydrogen-bond donors (Lipinski definition) is 3. The van der Waals surface area contributed by atoms with E-state index in [0.717, 1.165) is 51.4 Å². The number of nitrogens with one attached hydrogen (secondary N) is 1. The average Bonchev–Trinajstić information content (AvgIpc) is 3.09. The van der Waals surface area contributed by atoms with E-state index < -0.39 is 5.54 Å². The Morgan fingerprint density at radius 1 is 1.15 bits per heavy atom. The maximum atomic E-state index is 12.7. The number of amides is 1. The fourth-order valence-corrected chi connectivity index (χ4v) is 7.67. The monoisotopic (exact) mass is 459 g/mol. The van der Waals surface area contributed by atoms with Gasteiger partial charge in [-0.15, -0.1) is 0 Å². The van der Waals surface area contributed by atoms with Crippen molar-refractivity contribution < 1.29 is 24.5 Å². The lowest BCUT2D eigenvalue weighted by Gasteiger charge is -2.57. The first-order valence-corrected chi connectivity index (χ1v) is 12.7. The quantitative estimate of drug-likeness (QED) is 0.331. The molecule has 4 aliphatic carbocycles. The van der Waals surface area contributed by atoms with Gasteiger partial charge in [-0.1, -0.05) is 31.1 Å². The summed E-state index contributed by atoms with van der Waals surface area (Å²) in [6.07, 6.45) is 12.5. The number of carbonyl (C=O) groups excluding carboxylic acids is 2. The maximum absolute atomic E-state index is 12.7. The Morgan fingerprint density at radius 2 is 1.82 bits per heavy atom. The first-order valence-electron chi connectivity index (χ1n) is 12.7. The molecule has 0 aromatic rings. The molecule has 0 radical (unpaired) electrons. The topological polar surface area (TPSA) is 95.9 Å². The smallest absolute Gasteiger partial charge is 0.302 e. The standard InChI is InChI=1S/C27H41NO5/c1-17(31)33-20-9-11-26(3)18(13-20)5-7-21-22-8-6-19(27(22,4)12-10-23(21)26)14-24(32)28-25(2,15-29)16-30/h5,14,20-23,29-30H,6-13,15-16H2,1-4H3,(H,28,32)/b19-14-/t20-,21-,22-,23-,26-,27+/m0/s1. The summed E-state index contributed by atoms with van der Waals surface area (Å²) in [7, 11) is 0. The highest BCUT2D eigenvalue weighted by Gasteiger charge is 2.57. The lowest BCUT2D eigenvalue weighted by molar-refractivity contribution is -0.148. The highest BCUT2D eigenvalue weighted by Crippen LogP contribution is 2.66. The summed E-state index contributed by atoms with van der Waals surface area (Å²) in [6, 6.07) is 0. The minimum atomic E-state index is -1.01. The number of carbonyl (C=O) groups is 2. The minimum absolute atomic E-state index is 0.0234. The van der Waals surface area contributed by atoms with E-state index in [9.17, 15) is 19.8 Å². The van der Waals surface area contributed by atoms with Crippen LogP contribution in [0.1, 0.15) is 79.1 Å². The van der Waals surface area contributed by atoms with E-state index in [1.807, 2.05) is 0 Å². The second kappa shape index (κ2) is 8.84. The molecule has 0 heterocycles. The highest BCUT2D eigenvalue weighted by molar-refractivity contribution is 5.89. The Morgan fingerprint density at radius 3 is 2.48 bits per heavy atom. The summed E-state index contributed by atoms with van der Waals surface area (Å²) >= 11 is 0. The van der Waals surface area contributed by atoms with Gasteiger partial charge in [-0.3, -0.25) is 9.59 Å². The number of aliphatic hydroxyl groups excluding tert-OH is 2. The van der Waals surface area contributed by atoms with Crippen LogP contribution in [-0.4, -0.2) is 46.9 Å². The van der Waals surface area contributed by atoms with Crippen molar-refractivity contribution in [2.75, 3.05) is 13.2 Å². The van der Waals surface area contributed by atoms with E-state index in [0.29, 0.717) is 17.8 Å². The normalized spacial score (nSPS) is 39.2. The third-order valence-electron chi connectivity index (χ3n) is 9.67. The van der Waals surface area contributed by atoms with Gasteiger partial charge in [-0.05, 0) is 80.5 Å². The third kappa shape index (κ3) is 4.29. The van der Waals surface area contributed by atoms with Crippen LogP contribution in [0.15, 0.2) is 23.3 Å². The molecule has 4 rings (SSSR count). The summed E-state index contributed by atoms with van der Waals surface area (Å²) < 4.78 is 5.55. The second-order valence-electron chi connectivity index (χ2n) is 11.8. The molecule has 0 unspecified atom stereocenters. The lowest BCUT2D eigenvalue weighted by Crippen LogP contribution is -2.51. The van der Waals surface area contributed by atoms with Crippen molar-refractivity contribution in [2.24, 2.45) is 28.6 Å². The zero-order valence-electron chi connectivity index (χ0n) is 20.7. The van der Waals surface area contributed by atoms with Crippen LogP contribution < -0.4 is 5.32 Å². The van der Waals surface area contributed by atoms with Crippen LogP contribution in [0.5, 0.6) is 0 Å². The van der Waals surface area contributed by atoms with Crippen LogP contribution in [0.2, 0.25) is 0 Å². The summed E-state index contributed by atoms with van der Waals surface area (Å²) in [4.78, 5) is 24.2. The van der Waals surface area contributed by atoms with Crippen molar-refractivity contribution in [1.29, 1.82) is 0 Å². The van der Waals surface area contributed by atoms with Gasteiger partial charge in [0.25, 0.3) is 0 Å². The largest absolute Gasteiger partial charge is 0.462 e. The minimum Gasteiger partial charge on any atom is -0.462 e. The molecule has 3 saturated carbocycles. The molecule has 1 amide bonds. The number of allylic oxidation sites excluding steroid dienone is 2. The Hall–Kier alpha value is -1.66. The molecule has 0 spiro atoms. The zero-order chi connectivity index (χ0) is 24.0. The Balaban J connectivity index is 1.52. The van der Waals surface area contributed by atoms with Gasteiger partial charge in [-0.2, -0.15) is 0 Å². The highest BCUT2D eigenvalue weighted by atomic mass is 16.5. The van der Waals surface area contributed by atoms with Crippen molar-refractivity contribution in [3.8, 4) is 0 Å². The van der Waals surface area contributed by atoms with Crippen LogP contribution in [-0.2, 0) is 14.3 Å². The predicted octanol–water partition coefficient (Wildman–Crippen LogP) is 3.67. The molecule has 0 aromatic carbocycles. The van der Waals surface area contributed by atoms with Gasteiger partial charge in [0, 0.05) is 19.4 Å². The molecule has 184 valence electrons. The van der Waals surface area contributed by atoms with Crippen LogP contribution in [0.25, 0.3) is 0 Å². The molecule has 6 nitrogen and oxygen atoms in total. The number of hydrogen-bond acceptors (Lipinski definition) is 5. The molecule has 33 heavy (non-hydrogen) atoms. The van der Waals surface area contributed by atoms with Crippen molar-refractivity contribution in [1.82, 2.24) is 5.32 Å². The van der Waals surface area contributed by atoms with E-state index in [2.05, 4.69) is 25.2 Å². The molecule has 0 aromatic heterocycles. The zero-order valence-corrected chi connectivity index (χ0v) is 20.7. The van der Waals surface area contributed by atoms with E-state index in [1.165, 1.54) is 18.1 Å². The summed E-state index contributed by atoms with van der Waals surface area (Å²) in [5, 5.41) is 21.8. The van der Waals surface area contributed by atoms with E-state index in [-0.39, 0.29) is 42.0 Å². The van der Waals surface area contributed by atoms with Gasteiger partial charge < -0.3 is 20.3 Å². The molecule has 0 saturated heterocycles. The van der Waals surface area contributed by atoms with Gasteiger partial charge in [0.1, 0.15) is 6.10 Å². The third-order valence-corrected chi connectivity index (χ3v) is 9.67. The van der Waals surface area contributed by atoms with Crippen LogP contribution in [0.3, 0.4) is 0 Å². The molecule has 6 atom stereocenters. The van der Waals surface area contributed by atoms with E-state index in [1.54, 1.807) is 13.0 Å². The fraction of sp³-hybridized carbons (Fsp3) is 0.778. The summed E-state index contributed by atoms with van der Waals surface area (Å²) in [5.41, 5.74) is 1.93. The number of fused-ring (bicyclic) bond motifs is 5. The Kier molecular flexibility index (Phi) is 6.56. The molecule has 3 N–H and O–H groups in total. The molecule has 6 heteroatoms. The number of aliphatic hydroxyl groups is 2. The number of esters is 1. The Labute approximate surface area is 197 Å². The fourth-order valence-electron chi connectivity index (χ4n) is 7.67. The predicted molar refractivity (Wildman–Crippen MR) is 126 cm³/mol. The number of ether oxygens (including phenoxy) is 1. The van der Waals surface area contributed by atoms with Crippen molar-refractivity contribution in [3.05, 3.63) is 23.3 Å². The average molecular weight is 460 g/mol. The molecule has 3 fully saturated rings. The van der Waals surface area contributed by atoms with Gasteiger partial charge >= 0.3 is 5.97 Å². The first kappa shape index (κ1) is 24.5. The number of rotatable bonds is 5. The van der Waals surface area contributed by atoms with E-state index >= 15 is 0 Å². The van der Waals surface area contributed by atoms with Gasteiger partial charge in [-0.25, -0.2) is 0 Å². The Bertz CT molecular complexity index is 859. The second-order valence-corrected chi connectivity index (χ2v) is 11.8. The molecular weight excluding hydrogens is 418 g/mol. The van der Waals surface area contributed by atoms with Crippen molar-refractivity contribution >= 4 is 11.9 Å². The van der Waals surface area contributed by atoms with Crippen LogP contribution in [0, 0.1) is 28.6 Å². The van der Waals surface area contributed by atoms with Crippen LogP contribution in [0.4, 0.5) is 0 Å². The first-order chi connectivity index (χ1) is 15.5. The SMILES string of the molecule is CC(=O)O[C@H]1CC[C@@]2(C)C(=CC[C@@H]3[C@@H]2CC[C@]2(C)/C(=C\C(=O)NC(C)(CO)CO)CC[C@@H]32)C1. The van der Waals surface area contributed by atoms with Gasteiger partial charge in [0.05, 0.1) is 18.8 Å². The lowest BCUT2D eigenvalue weighted by atomic mass is 9.48. The molecule has 0 aliphatic heterocycles. The van der Waals surface area contributed by atoms with Crippen LogP contribution >= 0.6 is 0 Å². The summed E-state index contributed by atoms with van der Waals surface area (Å²) in [5.74, 6) is 1.43. The molecule has 0 bridgehead atoms. The van der Waals surface area contributed by atoms with Crippen molar-refractivity contribution in [2.45, 2.75) is 90.7 Å². The summed E-state index contributed by atoms with van der Waals surface area (Å²) in [6.45, 7) is 7.33.